The third-order valence-electron chi connectivity index (χ3n) is 2.92. The van der Waals surface area contributed by atoms with Crippen molar-refractivity contribution in [2.75, 3.05) is 12.4 Å². The molecule has 1 aromatic heterocycles. The average molecular weight is 256 g/mol. The summed E-state index contributed by atoms with van der Waals surface area (Å²) in [6.07, 6.45) is 4.54. The molecule has 1 aromatic rings. The van der Waals surface area contributed by atoms with Crippen LogP contribution in [0.25, 0.3) is 0 Å². The van der Waals surface area contributed by atoms with Crippen molar-refractivity contribution in [1.82, 2.24) is 14.7 Å². The number of hydrogen-bond donors (Lipinski definition) is 2. The molecule has 6 nitrogen and oxygen atoms in total. The lowest BCUT2D eigenvalue weighted by Gasteiger charge is -2.05. The van der Waals surface area contributed by atoms with Crippen molar-refractivity contribution in [3.63, 3.8) is 0 Å². The Bertz CT molecular complexity index is 486. The minimum atomic E-state index is -3.47. The quantitative estimate of drug-likeness (QED) is 0.805. The molecule has 2 atom stereocenters. The number of sulfonamides is 1. The SMILES string of the molecule is CCC1CC1NS(=O)(=O)c1cnc(NC)nc1. The fourth-order valence-corrected chi connectivity index (χ4v) is 2.90. The van der Waals surface area contributed by atoms with E-state index in [1.54, 1.807) is 7.05 Å². The van der Waals surface area contributed by atoms with Crippen LogP contribution in [0.3, 0.4) is 0 Å². The van der Waals surface area contributed by atoms with Crippen LogP contribution in [0.15, 0.2) is 17.3 Å². The third-order valence-corrected chi connectivity index (χ3v) is 4.36. The van der Waals surface area contributed by atoms with Gasteiger partial charge in [0, 0.05) is 13.1 Å². The molecule has 0 saturated heterocycles. The summed E-state index contributed by atoms with van der Waals surface area (Å²) in [4.78, 5) is 7.89. The second-order valence-corrected chi connectivity index (χ2v) is 5.84. The van der Waals surface area contributed by atoms with Gasteiger partial charge in [-0.1, -0.05) is 13.3 Å². The van der Waals surface area contributed by atoms with Gasteiger partial charge in [-0.3, -0.25) is 0 Å². The lowest BCUT2D eigenvalue weighted by atomic mass is 10.3. The zero-order valence-electron chi connectivity index (χ0n) is 9.84. The summed E-state index contributed by atoms with van der Waals surface area (Å²) in [5.74, 6) is 0.879. The van der Waals surface area contributed by atoms with E-state index in [4.69, 9.17) is 0 Å². The van der Waals surface area contributed by atoms with Crippen LogP contribution in [0.4, 0.5) is 5.95 Å². The van der Waals surface area contributed by atoms with Gasteiger partial charge in [-0.15, -0.1) is 0 Å². The van der Waals surface area contributed by atoms with Gasteiger partial charge in [0.2, 0.25) is 16.0 Å². The Kier molecular flexibility index (Phi) is 3.30. The number of aromatic nitrogens is 2. The first-order chi connectivity index (χ1) is 8.06. The highest BCUT2D eigenvalue weighted by molar-refractivity contribution is 7.89. The van der Waals surface area contributed by atoms with Crippen LogP contribution >= 0.6 is 0 Å². The molecular weight excluding hydrogens is 240 g/mol. The van der Waals surface area contributed by atoms with Crippen LogP contribution < -0.4 is 10.0 Å². The molecule has 1 aliphatic rings. The zero-order chi connectivity index (χ0) is 12.5. The van der Waals surface area contributed by atoms with E-state index in [2.05, 4.69) is 26.9 Å². The van der Waals surface area contributed by atoms with E-state index in [0.29, 0.717) is 11.9 Å². The molecule has 0 radical (unpaired) electrons. The van der Waals surface area contributed by atoms with Crippen LogP contribution in [-0.4, -0.2) is 31.5 Å². The fourth-order valence-electron chi connectivity index (χ4n) is 1.69. The molecule has 0 bridgehead atoms. The molecule has 0 aromatic carbocycles. The van der Waals surface area contributed by atoms with Crippen molar-refractivity contribution in [1.29, 1.82) is 0 Å². The van der Waals surface area contributed by atoms with E-state index in [9.17, 15) is 8.42 Å². The lowest BCUT2D eigenvalue weighted by Crippen LogP contribution is -2.27. The fraction of sp³-hybridized carbons (Fsp3) is 0.600. The number of anilines is 1. The van der Waals surface area contributed by atoms with Gasteiger partial charge in [0.25, 0.3) is 0 Å². The van der Waals surface area contributed by atoms with Crippen LogP contribution in [0, 0.1) is 5.92 Å². The van der Waals surface area contributed by atoms with Gasteiger partial charge in [0.05, 0.1) is 12.4 Å². The van der Waals surface area contributed by atoms with Gasteiger partial charge in [0.1, 0.15) is 4.90 Å². The van der Waals surface area contributed by atoms with Gasteiger partial charge in [-0.2, -0.15) is 0 Å². The first-order valence-corrected chi connectivity index (χ1v) is 7.07. The van der Waals surface area contributed by atoms with Crippen molar-refractivity contribution < 1.29 is 8.42 Å². The maximum Gasteiger partial charge on any atom is 0.243 e. The normalized spacial score (nSPS) is 23.4. The highest BCUT2D eigenvalue weighted by Gasteiger charge is 2.38. The highest BCUT2D eigenvalue weighted by Crippen LogP contribution is 2.34. The standard InChI is InChI=1S/C10H16N4O2S/c1-3-7-4-9(7)14-17(15,16)8-5-12-10(11-2)13-6-8/h5-7,9,14H,3-4H2,1-2H3,(H,11,12,13). The molecule has 2 unspecified atom stereocenters. The van der Waals surface area contributed by atoms with E-state index in [-0.39, 0.29) is 10.9 Å². The monoisotopic (exact) mass is 256 g/mol. The van der Waals surface area contributed by atoms with Crippen molar-refractivity contribution in [2.45, 2.75) is 30.7 Å². The number of rotatable bonds is 5. The van der Waals surface area contributed by atoms with Crippen molar-refractivity contribution in [3.8, 4) is 0 Å². The smallest absolute Gasteiger partial charge is 0.243 e. The van der Waals surface area contributed by atoms with Gasteiger partial charge in [-0.05, 0) is 12.3 Å². The van der Waals surface area contributed by atoms with E-state index in [1.807, 2.05) is 0 Å². The first-order valence-electron chi connectivity index (χ1n) is 5.59. The Balaban J connectivity index is 2.09. The minimum Gasteiger partial charge on any atom is -0.357 e. The lowest BCUT2D eigenvalue weighted by molar-refractivity contribution is 0.575. The topological polar surface area (TPSA) is 84.0 Å². The largest absolute Gasteiger partial charge is 0.357 e. The summed E-state index contributed by atoms with van der Waals surface area (Å²) in [6.45, 7) is 2.06. The van der Waals surface area contributed by atoms with Gasteiger partial charge >= 0.3 is 0 Å². The third kappa shape index (κ3) is 2.73. The number of nitrogens with zero attached hydrogens (tertiary/aromatic N) is 2. The van der Waals surface area contributed by atoms with Crippen molar-refractivity contribution >= 4 is 16.0 Å². The van der Waals surface area contributed by atoms with Gasteiger partial charge in [0.15, 0.2) is 0 Å². The summed E-state index contributed by atoms with van der Waals surface area (Å²) in [7, 11) is -1.79. The molecule has 1 fully saturated rings. The number of hydrogen-bond acceptors (Lipinski definition) is 5. The average Bonchev–Trinajstić information content (AvgIpc) is 3.07. The first kappa shape index (κ1) is 12.3. The van der Waals surface area contributed by atoms with Crippen LogP contribution in [0.2, 0.25) is 0 Å². The molecule has 7 heteroatoms. The molecule has 0 aliphatic heterocycles. The molecule has 2 rings (SSSR count). The molecule has 17 heavy (non-hydrogen) atoms. The molecule has 0 spiro atoms. The second kappa shape index (κ2) is 4.58. The van der Waals surface area contributed by atoms with E-state index in [1.165, 1.54) is 12.4 Å². The van der Waals surface area contributed by atoms with Crippen LogP contribution in [0.1, 0.15) is 19.8 Å². The van der Waals surface area contributed by atoms with E-state index >= 15 is 0 Å². The Labute approximate surface area is 101 Å². The molecule has 0 amide bonds. The molecule has 1 saturated carbocycles. The molecular formula is C10H16N4O2S. The summed E-state index contributed by atoms with van der Waals surface area (Å²) in [5.41, 5.74) is 0. The highest BCUT2D eigenvalue weighted by atomic mass is 32.2. The molecule has 1 aliphatic carbocycles. The predicted octanol–water partition coefficient (Wildman–Crippen LogP) is 0.595. The van der Waals surface area contributed by atoms with Crippen molar-refractivity contribution in [3.05, 3.63) is 12.4 Å². The van der Waals surface area contributed by atoms with E-state index < -0.39 is 10.0 Å². The van der Waals surface area contributed by atoms with Gasteiger partial charge in [-0.25, -0.2) is 23.1 Å². The van der Waals surface area contributed by atoms with Gasteiger partial charge < -0.3 is 5.32 Å². The summed E-state index contributed by atoms with van der Waals surface area (Å²) in [5, 5.41) is 2.74. The number of nitrogens with one attached hydrogen (secondary N) is 2. The Hall–Kier alpha value is -1.21. The molecule has 2 N–H and O–H groups in total. The molecule has 1 heterocycles. The summed E-state index contributed by atoms with van der Waals surface area (Å²) >= 11 is 0. The van der Waals surface area contributed by atoms with Crippen molar-refractivity contribution in [2.24, 2.45) is 5.92 Å². The molecule has 94 valence electrons. The zero-order valence-corrected chi connectivity index (χ0v) is 10.7. The van der Waals surface area contributed by atoms with E-state index in [0.717, 1.165) is 12.8 Å². The van der Waals surface area contributed by atoms with Crippen LogP contribution in [-0.2, 0) is 10.0 Å². The summed E-state index contributed by atoms with van der Waals surface area (Å²) in [6, 6.07) is 0.0778. The maximum atomic E-state index is 11.9. The summed E-state index contributed by atoms with van der Waals surface area (Å²) < 4.78 is 26.5. The predicted molar refractivity (Wildman–Crippen MR) is 64.1 cm³/mol. The maximum absolute atomic E-state index is 11.9. The Morgan fingerprint density at radius 1 is 1.41 bits per heavy atom. The second-order valence-electron chi connectivity index (χ2n) is 4.12. The Morgan fingerprint density at radius 2 is 2.06 bits per heavy atom. The Morgan fingerprint density at radius 3 is 2.53 bits per heavy atom. The van der Waals surface area contributed by atoms with Crippen LogP contribution in [0.5, 0.6) is 0 Å². The minimum absolute atomic E-state index is 0.0778.